The molecule has 2 aliphatic rings. The van der Waals surface area contributed by atoms with E-state index in [2.05, 4.69) is 65.6 Å². The Kier molecular flexibility index (Phi) is 6.58. The predicted octanol–water partition coefficient (Wildman–Crippen LogP) is 3.60. The second kappa shape index (κ2) is 8.90. The largest absolute Gasteiger partial charge is 0.356 e. The van der Waals surface area contributed by atoms with Gasteiger partial charge in [-0.25, -0.2) is 0 Å². The normalized spacial score (nSPS) is 22.7. The molecule has 0 bridgehead atoms. The van der Waals surface area contributed by atoms with Crippen LogP contribution in [0.2, 0.25) is 0 Å². The van der Waals surface area contributed by atoms with Crippen LogP contribution in [0.15, 0.2) is 29.3 Å². The van der Waals surface area contributed by atoms with Gasteiger partial charge in [-0.3, -0.25) is 4.99 Å². The third-order valence-electron chi connectivity index (χ3n) is 5.64. The molecule has 0 spiro atoms. The highest BCUT2D eigenvalue weighted by atomic mass is 15.2. The van der Waals surface area contributed by atoms with E-state index in [-0.39, 0.29) is 6.04 Å². The number of benzene rings is 1. The minimum Gasteiger partial charge on any atom is -0.356 e. The number of guanidine groups is 1. The van der Waals surface area contributed by atoms with Crippen molar-refractivity contribution < 1.29 is 0 Å². The van der Waals surface area contributed by atoms with Crippen molar-refractivity contribution in [3.63, 3.8) is 0 Å². The standard InChI is InChI=1S/C22H36N4/c1-16(2)13-18-5-7-20(8-6-18)17(3)25-22(23-4)24-14-19-11-12-26(15-19)21-9-10-21/h5-8,16-17,19,21H,9-15H2,1-4H3,(H2,23,24,25). The lowest BCUT2D eigenvalue weighted by molar-refractivity contribution is 0.314. The van der Waals surface area contributed by atoms with Gasteiger partial charge in [-0.15, -0.1) is 0 Å². The van der Waals surface area contributed by atoms with Gasteiger partial charge in [-0.1, -0.05) is 38.1 Å². The van der Waals surface area contributed by atoms with E-state index in [9.17, 15) is 0 Å². The molecule has 1 aromatic rings. The van der Waals surface area contributed by atoms with Crippen LogP contribution in [0, 0.1) is 11.8 Å². The molecule has 0 aromatic heterocycles. The molecule has 1 aliphatic heterocycles. The van der Waals surface area contributed by atoms with E-state index in [0.29, 0.717) is 5.92 Å². The number of hydrogen-bond acceptors (Lipinski definition) is 2. The number of aliphatic imine (C=N–C) groups is 1. The molecular formula is C22H36N4. The van der Waals surface area contributed by atoms with Crippen LogP contribution in [0.3, 0.4) is 0 Å². The molecule has 2 unspecified atom stereocenters. The van der Waals surface area contributed by atoms with Gasteiger partial charge in [0.25, 0.3) is 0 Å². The summed E-state index contributed by atoms with van der Waals surface area (Å²) < 4.78 is 0. The molecule has 4 heteroatoms. The average Bonchev–Trinajstić information content (AvgIpc) is 3.37. The molecule has 1 heterocycles. The Labute approximate surface area is 159 Å². The zero-order valence-corrected chi connectivity index (χ0v) is 17.0. The van der Waals surface area contributed by atoms with Crippen LogP contribution in [0.4, 0.5) is 0 Å². The number of rotatable bonds is 7. The van der Waals surface area contributed by atoms with Crippen LogP contribution >= 0.6 is 0 Å². The van der Waals surface area contributed by atoms with Gasteiger partial charge >= 0.3 is 0 Å². The highest BCUT2D eigenvalue weighted by Crippen LogP contribution is 2.31. The lowest BCUT2D eigenvalue weighted by Gasteiger charge is -2.20. The fourth-order valence-corrected chi connectivity index (χ4v) is 3.94. The summed E-state index contributed by atoms with van der Waals surface area (Å²) in [5.74, 6) is 2.36. The van der Waals surface area contributed by atoms with Gasteiger partial charge in [-0.05, 0) is 62.1 Å². The average molecular weight is 357 g/mol. The van der Waals surface area contributed by atoms with Gasteiger partial charge in [-0.2, -0.15) is 0 Å². The first kappa shape index (κ1) is 19.2. The maximum Gasteiger partial charge on any atom is 0.191 e. The maximum atomic E-state index is 4.42. The van der Waals surface area contributed by atoms with E-state index in [1.54, 1.807) is 0 Å². The van der Waals surface area contributed by atoms with Gasteiger partial charge in [0, 0.05) is 26.2 Å². The van der Waals surface area contributed by atoms with E-state index >= 15 is 0 Å². The molecular weight excluding hydrogens is 320 g/mol. The van der Waals surface area contributed by atoms with Crippen LogP contribution in [-0.2, 0) is 6.42 Å². The minimum atomic E-state index is 0.251. The molecule has 3 rings (SSSR count). The lowest BCUT2D eigenvalue weighted by atomic mass is 10.00. The zero-order valence-electron chi connectivity index (χ0n) is 17.0. The highest BCUT2D eigenvalue weighted by molar-refractivity contribution is 5.80. The molecule has 2 N–H and O–H groups in total. The topological polar surface area (TPSA) is 39.7 Å². The third kappa shape index (κ3) is 5.47. The van der Waals surface area contributed by atoms with Crippen molar-refractivity contribution in [1.29, 1.82) is 0 Å². The van der Waals surface area contributed by atoms with Crippen LogP contribution in [0.5, 0.6) is 0 Å². The van der Waals surface area contributed by atoms with Crippen molar-refractivity contribution in [1.82, 2.24) is 15.5 Å². The molecule has 1 aromatic carbocycles. The van der Waals surface area contributed by atoms with E-state index < -0.39 is 0 Å². The van der Waals surface area contributed by atoms with Gasteiger partial charge in [0.2, 0.25) is 0 Å². The molecule has 2 fully saturated rings. The van der Waals surface area contributed by atoms with E-state index in [4.69, 9.17) is 0 Å². The Morgan fingerprint density at radius 3 is 2.50 bits per heavy atom. The van der Waals surface area contributed by atoms with Crippen LogP contribution in [-0.4, -0.2) is 43.6 Å². The fourth-order valence-electron chi connectivity index (χ4n) is 3.94. The molecule has 4 nitrogen and oxygen atoms in total. The Morgan fingerprint density at radius 2 is 1.88 bits per heavy atom. The van der Waals surface area contributed by atoms with E-state index in [1.807, 2.05) is 7.05 Å². The minimum absolute atomic E-state index is 0.251. The maximum absolute atomic E-state index is 4.42. The first-order valence-corrected chi connectivity index (χ1v) is 10.3. The molecule has 2 atom stereocenters. The summed E-state index contributed by atoms with van der Waals surface area (Å²) in [6.45, 7) is 10.3. The molecule has 144 valence electrons. The summed E-state index contributed by atoms with van der Waals surface area (Å²) in [5.41, 5.74) is 2.72. The summed E-state index contributed by atoms with van der Waals surface area (Å²) in [6, 6.07) is 10.2. The van der Waals surface area contributed by atoms with Crippen molar-refractivity contribution in [2.45, 2.75) is 58.5 Å². The van der Waals surface area contributed by atoms with Crippen molar-refractivity contribution in [2.75, 3.05) is 26.7 Å². The fraction of sp³-hybridized carbons (Fsp3) is 0.682. The summed E-state index contributed by atoms with van der Waals surface area (Å²) >= 11 is 0. The summed E-state index contributed by atoms with van der Waals surface area (Å²) in [6.07, 6.45) is 5.28. The summed E-state index contributed by atoms with van der Waals surface area (Å²) in [5, 5.41) is 7.08. The molecule has 1 saturated heterocycles. The predicted molar refractivity (Wildman–Crippen MR) is 111 cm³/mol. The number of hydrogen-bond donors (Lipinski definition) is 2. The first-order valence-electron chi connectivity index (χ1n) is 10.3. The van der Waals surface area contributed by atoms with Crippen molar-refractivity contribution >= 4 is 5.96 Å². The highest BCUT2D eigenvalue weighted by Gasteiger charge is 2.34. The third-order valence-corrected chi connectivity index (χ3v) is 5.64. The molecule has 1 aliphatic carbocycles. The monoisotopic (exact) mass is 356 g/mol. The molecule has 0 amide bonds. The van der Waals surface area contributed by atoms with Crippen molar-refractivity contribution in [3.8, 4) is 0 Å². The zero-order chi connectivity index (χ0) is 18.5. The van der Waals surface area contributed by atoms with Gasteiger partial charge in [0.05, 0.1) is 6.04 Å². The number of nitrogens with one attached hydrogen (secondary N) is 2. The van der Waals surface area contributed by atoms with Crippen LogP contribution in [0.1, 0.15) is 57.2 Å². The second-order valence-electron chi connectivity index (χ2n) is 8.54. The van der Waals surface area contributed by atoms with E-state index in [1.165, 1.54) is 43.5 Å². The van der Waals surface area contributed by atoms with Crippen molar-refractivity contribution in [2.24, 2.45) is 16.8 Å². The summed E-state index contributed by atoms with van der Waals surface area (Å²) in [7, 11) is 1.86. The second-order valence-corrected chi connectivity index (χ2v) is 8.54. The van der Waals surface area contributed by atoms with Gasteiger partial charge in [0.1, 0.15) is 0 Å². The van der Waals surface area contributed by atoms with Crippen molar-refractivity contribution in [3.05, 3.63) is 35.4 Å². The van der Waals surface area contributed by atoms with Gasteiger partial charge in [0.15, 0.2) is 5.96 Å². The Bertz CT molecular complexity index is 589. The SMILES string of the molecule is CN=C(NCC1CCN(C2CC2)C1)NC(C)c1ccc(CC(C)C)cc1. The first-order chi connectivity index (χ1) is 12.5. The Hall–Kier alpha value is -1.55. The number of nitrogens with zero attached hydrogens (tertiary/aromatic N) is 2. The lowest BCUT2D eigenvalue weighted by Crippen LogP contribution is -2.41. The molecule has 0 radical (unpaired) electrons. The molecule has 26 heavy (non-hydrogen) atoms. The number of likely N-dealkylation sites (tertiary alicyclic amines) is 1. The Morgan fingerprint density at radius 1 is 1.15 bits per heavy atom. The van der Waals surface area contributed by atoms with Gasteiger partial charge < -0.3 is 15.5 Å². The smallest absolute Gasteiger partial charge is 0.191 e. The molecule has 1 saturated carbocycles. The van der Waals surface area contributed by atoms with E-state index in [0.717, 1.165) is 30.9 Å². The summed E-state index contributed by atoms with van der Waals surface area (Å²) in [4.78, 5) is 7.09. The Balaban J connectivity index is 1.45. The van der Waals surface area contributed by atoms with Crippen LogP contribution < -0.4 is 10.6 Å². The quantitative estimate of drug-likeness (QED) is 0.579. The van der Waals surface area contributed by atoms with Crippen LogP contribution in [0.25, 0.3) is 0 Å².